The average Bonchev–Trinajstić information content (AvgIpc) is 2.19. The summed E-state index contributed by atoms with van der Waals surface area (Å²) in [6.07, 6.45) is 0. The molecule has 0 radical (unpaired) electrons. The number of hydrazone groups is 1. The SMILES string of the molecule is CCSC1=NN(C)N(C)N1N. The Balaban J connectivity index is 2.59. The average molecular weight is 175 g/mol. The summed E-state index contributed by atoms with van der Waals surface area (Å²) in [6.45, 7) is 2.07. The molecule has 11 heavy (non-hydrogen) atoms. The van der Waals surface area contributed by atoms with E-state index >= 15 is 0 Å². The zero-order valence-corrected chi connectivity index (χ0v) is 7.80. The molecule has 0 fully saturated rings. The summed E-state index contributed by atoms with van der Waals surface area (Å²) in [4.78, 5) is 0. The first kappa shape index (κ1) is 8.63. The number of nitrogens with zero attached hydrogens (tertiary/aromatic N) is 4. The highest BCUT2D eigenvalue weighted by atomic mass is 32.2. The molecule has 0 unspecified atom stereocenters. The molecule has 1 rings (SSSR count). The Kier molecular flexibility index (Phi) is 2.58. The van der Waals surface area contributed by atoms with Crippen LogP contribution in [0.3, 0.4) is 0 Å². The molecule has 0 saturated carbocycles. The Hall–Kier alpha value is -0.460. The highest BCUT2D eigenvalue weighted by molar-refractivity contribution is 8.13. The molecule has 1 heterocycles. The van der Waals surface area contributed by atoms with Crippen LogP contribution < -0.4 is 5.84 Å². The van der Waals surface area contributed by atoms with E-state index in [1.807, 2.05) is 14.1 Å². The third-order valence-electron chi connectivity index (χ3n) is 1.43. The van der Waals surface area contributed by atoms with E-state index in [-0.39, 0.29) is 0 Å². The zero-order chi connectivity index (χ0) is 8.43. The Morgan fingerprint density at radius 3 is 2.55 bits per heavy atom. The van der Waals surface area contributed by atoms with Crippen molar-refractivity contribution in [3.63, 3.8) is 0 Å². The van der Waals surface area contributed by atoms with Crippen molar-refractivity contribution in [1.29, 1.82) is 0 Å². The molecule has 0 saturated heterocycles. The van der Waals surface area contributed by atoms with Crippen molar-refractivity contribution in [2.24, 2.45) is 10.9 Å². The number of amidine groups is 1. The Morgan fingerprint density at radius 1 is 1.55 bits per heavy atom. The standard InChI is InChI=1S/C5H13N5S/c1-4-11-5-7-8(2)9(3)10(5)6/h4,6H2,1-3H3. The number of hydrazine groups is 3. The second-order valence-corrected chi connectivity index (χ2v) is 3.37. The maximum atomic E-state index is 5.66. The Bertz CT molecular complexity index is 170. The van der Waals surface area contributed by atoms with E-state index in [9.17, 15) is 0 Å². The van der Waals surface area contributed by atoms with Gasteiger partial charge in [0.15, 0.2) is 0 Å². The fourth-order valence-electron chi connectivity index (χ4n) is 0.722. The van der Waals surface area contributed by atoms with Crippen molar-refractivity contribution in [3.8, 4) is 0 Å². The molecule has 0 amide bonds. The fourth-order valence-corrected chi connectivity index (χ4v) is 1.41. The predicted molar refractivity (Wildman–Crippen MR) is 47.1 cm³/mol. The molecule has 64 valence electrons. The van der Waals surface area contributed by atoms with E-state index < -0.39 is 0 Å². The van der Waals surface area contributed by atoms with Crippen LogP contribution in [0.15, 0.2) is 5.10 Å². The van der Waals surface area contributed by atoms with Gasteiger partial charge in [0, 0.05) is 14.1 Å². The van der Waals surface area contributed by atoms with Crippen LogP contribution in [-0.2, 0) is 0 Å². The van der Waals surface area contributed by atoms with Crippen molar-refractivity contribution in [2.45, 2.75) is 6.92 Å². The van der Waals surface area contributed by atoms with E-state index in [2.05, 4.69) is 12.0 Å². The minimum absolute atomic E-state index is 0.831. The summed E-state index contributed by atoms with van der Waals surface area (Å²) in [6, 6.07) is 0. The van der Waals surface area contributed by atoms with Gasteiger partial charge < -0.3 is 0 Å². The van der Waals surface area contributed by atoms with Gasteiger partial charge in [0.25, 0.3) is 0 Å². The van der Waals surface area contributed by atoms with Gasteiger partial charge in [0.05, 0.1) is 0 Å². The van der Waals surface area contributed by atoms with Gasteiger partial charge in [-0.1, -0.05) is 18.7 Å². The normalized spacial score (nSPS) is 19.5. The second-order valence-electron chi connectivity index (χ2n) is 2.14. The maximum absolute atomic E-state index is 5.66. The first-order valence-corrected chi connectivity index (χ1v) is 4.39. The predicted octanol–water partition coefficient (Wildman–Crippen LogP) is -0.107. The molecule has 0 aromatic heterocycles. The molecule has 0 bridgehead atoms. The van der Waals surface area contributed by atoms with Crippen LogP contribution in [0.25, 0.3) is 0 Å². The Morgan fingerprint density at radius 2 is 2.18 bits per heavy atom. The van der Waals surface area contributed by atoms with Crippen LogP contribution in [-0.4, -0.2) is 40.4 Å². The quantitative estimate of drug-likeness (QED) is 0.564. The Labute approximate surface area is 70.7 Å². The van der Waals surface area contributed by atoms with Gasteiger partial charge in [-0.3, -0.25) is 0 Å². The number of hydrogen-bond acceptors (Lipinski definition) is 6. The molecule has 1 aliphatic rings. The molecule has 1 aliphatic heterocycles. The number of hydrogen-bond donors (Lipinski definition) is 1. The first-order chi connectivity index (χ1) is 5.16. The molecular weight excluding hydrogens is 162 g/mol. The minimum Gasteiger partial charge on any atom is -0.229 e. The summed E-state index contributed by atoms with van der Waals surface area (Å²) < 4.78 is 0. The number of nitrogens with two attached hydrogens (primary N) is 1. The molecule has 0 atom stereocenters. The van der Waals surface area contributed by atoms with Gasteiger partial charge in [-0.15, -0.1) is 10.2 Å². The molecule has 2 N–H and O–H groups in total. The summed E-state index contributed by atoms with van der Waals surface area (Å²) >= 11 is 1.62. The lowest BCUT2D eigenvalue weighted by molar-refractivity contribution is -0.0815. The van der Waals surface area contributed by atoms with E-state index in [0.29, 0.717) is 0 Å². The molecule has 0 aromatic carbocycles. The molecular formula is C5H13N5S. The van der Waals surface area contributed by atoms with Crippen molar-refractivity contribution in [3.05, 3.63) is 0 Å². The van der Waals surface area contributed by atoms with Crippen LogP contribution in [0, 0.1) is 0 Å². The summed E-state index contributed by atoms with van der Waals surface area (Å²) in [5.41, 5.74) is 0. The molecule has 5 nitrogen and oxygen atoms in total. The van der Waals surface area contributed by atoms with E-state index in [1.165, 1.54) is 5.12 Å². The fraction of sp³-hybridized carbons (Fsp3) is 0.800. The van der Waals surface area contributed by atoms with Crippen LogP contribution >= 0.6 is 11.8 Å². The topological polar surface area (TPSA) is 48.1 Å². The smallest absolute Gasteiger partial charge is 0.215 e. The third kappa shape index (κ3) is 1.58. The van der Waals surface area contributed by atoms with Gasteiger partial charge in [-0.2, -0.15) is 5.12 Å². The van der Waals surface area contributed by atoms with E-state index in [0.717, 1.165) is 10.9 Å². The van der Waals surface area contributed by atoms with Gasteiger partial charge in [0.1, 0.15) is 0 Å². The summed E-state index contributed by atoms with van der Waals surface area (Å²) in [5, 5.41) is 9.96. The van der Waals surface area contributed by atoms with Crippen molar-refractivity contribution in [2.75, 3.05) is 19.8 Å². The molecule has 0 spiro atoms. The third-order valence-corrected chi connectivity index (χ3v) is 2.25. The lowest BCUT2D eigenvalue weighted by Gasteiger charge is -2.23. The van der Waals surface area contributed by atoms with Crippen molar-refractivity contribution in [1.82, 2.24) is 15.4 Å². The van der Waals surface area contributed by atoms with E-state index in [4.69, 9.17) is 5.84 Å². The van der Waals surface area contributed by atoms with Gasteiger partial charge in [-0.05, 0) is 5.75 Å². The second kappa shape index (κ2) is 3.29. The molecule has 6 heteroatoms. The largest absolute Gasteiger partial charge is 0.229 e. The monoisotopic (exact) mass is 175 g/mol. The minimum atomic E-state index is 0.831. The highest BCUT2D eigenvalue weighted by Gasteiger charge is 2.23. The lowest BCUT2D eigenvalue weighted by atomic mass is 11.0. The first-order valence-electron chi connectivity index (χ1n) is 3.40. The van der Waals surface area contributed by atoms with Crippen molar-refractivity contribution >= 4 is 16.9 Å². The van der Waals surface area contributed by atoms with Gasteiger partial charge in [-0.25, -0.2) is 11.0 Å². The zero-order valence-electron chi connectivity index (χ0n) is 6.98. The highest BCUT2D eigenvalue weighted by Crippen LogP contribution is 2.14. The van der Waals surface area contributed by atoms with Crippen molar-refractivity contribution < 1.29 is 0 Å². The lowest BCUT2D eigenvalue weighted by Crippen LogP contribution is -2.47. The molecule has 0 aromatic rings. The van der Waals surface area contributed by atoms with Gasteiger partial charge in [0.2, 0.25) is 5.17 Å². The maximum Gasteiger partial charge on any atom is 0.215 e. The van der Waals surface area contributed by atoms with E-state index in [1.54, 1.807) is 22.0 Å². The molecule has 0 aliphatic carbocycles. The summed E-state index contributed by atoms with van der Waals surface area (Å²) in [7, 11) is 3.70. The van der Waals surface area contributed by atoms with Crippen LogP contribution in [0.5, 0.6) is 0 Å². The van der Waals surface area contributed by atoms with Crippen LogP contribution in [0.2, 0.25) is 0 Å². The summed E-state index contributed by atoms with van der Waals surface area (Å²) in [5.74, 6) is 6.65. The van der Waals surface area contributed by atoms with Gasteiger partial charge >= 0.3 is 0 Å². The number of rotatable bonds is 1. The number of thioether (sulfide) groups is 1. The van der Waals surface area contributed by atoms with Crippen LogP contribution in [0.1, 0.15) is 6.92 Å². The van der Waals surface area contributed by atoms with Crippen LogP contribution in [0.4, 0.5) is 0 Å².